The average Bonchev–Trinajstić information content (AvgIpc) is 2.15. The molecule has 0 aliphatic rings. The monoisotopic (exact) mass is 215 g/mol. The van der Waals surface area contributed by atoms with E-state index in [2.05, 4.69) is 5.92 Å². The van der Waals surface area contributed by atoms with E-state index in [1.54, 1.807) is 0 Å². The van der Waals surface area contributed by atoms with Gasteiger partial charge in [0.15, 0.2) is 6.29 Å². The van der Waals surface area contributed by atoms with Gasteiger partial charge in [0.1, 0.15) is 5.56 Å². The Hall–Kier alpha value is -2.03. The molecule has 3 nitrogen and oxygen atoms in total. The third-order valence-corrected chi connectivity index (χ3v) is 1.48. The zero-order valence-electron chi connectivity index (χ0n) is 7.18. The van der Waals surface area contributed by atoms with Crippen molar-refractivity contribution in [2.75, 3.05) is 0 Å². The highest BCUT2D eigenvalue weighted by Crippen LogP contribution is 2.26. The number of hydrogen-bond donors (Lipinski definition) is 1. The van der Waals surface area contributed by atoms with Crippen molar-refractivity contribution in [2.24, 2.45) is 0 Å². The second-order valence-corrected chi connectivity index (χ2v) is 2.52. The van der Waals surface area contributed by atoms with Gasteiger partial charge in [-0.05, 0) is 12.0 Å². The summed E-state index contributed by atoms with van der Waals surface area (Å²) in [7, 11) is 0. The number of pyridine rings is 1. The van der Waals surface area contributed by atoms with Gasteiger partial charge in [-0.2, -0.15) is 13.2 Å². The van der Waals surface area contributed by atoms with E-state index in [1.165, 1.54) is 0 Å². The van der Waals surface area contributed by atoms with E-state index in [4.69, 9.17) is 0 Å². The number of aromatic nitrogens is 1. The van der Waals surface area contributed by atoms with Gasteiger partial charge in [-0.1, -0.05) is 5.92 Å². The molecule has 0 amide bonds. The van der Waals surface area contributed by atoms with Crippen LogP contribution < -0.4 is 5.56 Å². The van der Waals surface area contributed by atoms with Gasteiger partial charge in [0, 0.05) is 11.8 Å². The molecule has 78 valence electrons. The molecule has 0 saturated heterocycles. The Morgan fingerprint density at radius 2 is 2.07 bits per heavy atom. The molecular formula is C9H4F3NO2. The van der Waals surface area contributed by atoms with Crippen LogP contribution in [0.1, 0.15) is 11.1 Å². The standard InChI is InChI=1S/C9H4F3NO2/c10-9(11,12)7-4-6(2-1-3-14)5-13-8(7)15/h3-5H,(H,13,15). The summed E-state index contributed by atoms with van der Waals surface area (Å²) >= 11 is 0. The molecule has 0 aromatic carbocycles. The topological polar surface area (TPSA) is 49.9 Å². The summed E-state index contributed by atoms with van der Waals surface area (Å²) in [6.07, 6.45) is -3.47. The molecule has 0 bridgehead atoms. The maximum Gasteiger partial charge on any atom is 0.421 e. The largest absolute Gasteiger partial charge is 0.421 e. The van der Waals surface area contributed by atoms with Crippen molar-refractivity contribution in [1.29, 1.82) is 0 Å². The molecule has 1 aromatic rings. The van der Waals surface area contributed by atoms with E-state index in [1.807, 2.05) is 10.9 Å². The zero-order chi connectivity index (χ0) is 11.5. The Kier molecular flexibility index (Phi) is 2.95. The minimum Gasteiger partial charge on any atom is -0.327 e. The predicted octanol–water partition coefficient (Wildman–Crippen LogP) is 0.944. The van der Waals surface area contributed by atoms with Crippen LogP contribution in [0.3, 0.4) is 0 Å². The van der Waals surface area contributed by atoms with E-state index in [9.17, 15) is 22.8 Å². The fourth-order valence-corrected chi connectivity index (χ4v) is 0.879. The summed E-state index contributed by atoms with van der Waals surface area (Å²) in [5.41, 5.74) is -2.65. The molecule has 0 saturated carbocycles. The lowest BCUT2D eigenvalue weighted by Gasteiger charge is -2.04. The number of aromatic amines is 1. The molecule has 0 spiro atoms. The minimum absolute atomic E-state index is 0.0750. The van der Waals surface area contributed by atoms with Gasteiger partial charge in [-0.15, -0.1) is 0 Å². The second-order valence-electron chi connectivity index (χ2n) is 2.52. The molecule has 0 atom stereocenters. The smallest absolute Gasteiger partial charge is 0.327 e. The lowest BCUT2D eigenvalue weighted by atomic mass is 10.2. The first-order valence-electron chi connectivity index (χ1n) is 3.70. The number of carbonyl (C=O) groups excluding carboxylic acids is 1. The molecule has 15 heavy (non-hydrogen) atoms. The summed E-state index contributed by atoms with van der Waals surface area (Å²) in [5.74, 6) is 4.09. The summed E-state index contributed by atoms with van der Waals surface area (Å²) in [6.45, 7) is 0. The van der Waals surface area contributed by atoms with Crippen LogP contribution in [0.2, 0.25) is 0 Å². The molecule has 0 aliphatic carbocycles. The number of aldehydes is 1. The van der Waals surface area contributed by atoms with Gasteiger partial charge >= 0.3 is 6.18 Å². The van der Waals surface area contributed by atoms with Crippen molar-refractivity contribution >= 4 is 6.29 Å². The number of H-pyrrole nitrogens is 1. The van der Waals surface area contributed by atoms with E-state index in [0.29, 0.717) is 6.07 Å². The first-order chi connectivity index (χ1) is 6.95. The summed E-state index contributed by atoms with van der Waals surface area (Å²) in [4.78, 5) is 22.5. The van der Waals surface area contributed by atoms with Crippen LogP contribution in [-0.2, 0) is 11.0 Å². The zero-order valence-corrected chi connectivity index (χ0v) is 7.18. The number of nitrogens with one attached hydrogen (secondary N) is 1. The number of rotatable bonds is 0. The van der Waals surface area contributed by atoms with Crippen molar-refractivity contribution in [1.82, 2.24) is 4.98 Å². The maximum absolute atomic E-state index is 12.2. The highest BCUT2D eigenvalue weighted by molar-refractivity contribution is 5.73. The Morgan fingerprint density at radius 1 is 1.40 bits per heavy atom. The summed E-state index contributed by atoms with van der Waals surface area (Å²) in [6, 6.07) is 0.593. The van der Waals surface area contributed by atoms with Gasteiger partial charge in [-0.25, -0.2) is 0 Å². The van der Waals surface area contributed by atoms with E-state index in [0.717, 1.165) is 6.20 Å². The van der Waals surface area contributed by atoms with Crippen molar-refractivity contribution in [3.63, 3.8) is 0 Å². The third kappa shape index (κ3) is 2.71. The van der Waals surface area contributed by atoms with Crippen LogP contribution in [0.25, 0.3) is 0 Å². The second kappa shape index (κ2) is 4.00. The molecule has 0 unspecified atom stereocenters. The maximum atomic E-state index is 12.2. The summed E-state index contributed by atoms with van der Waals surface area (Å²) in [5, 5.41) is 0. The van der Waals surface area contributed by atoms with Crippen LogP contribution in [0, 0.1) is 11.8 Å². The molecule has 1 aromatic heterocycles. The van der Waals surface area contributed by atoms with Gasteiger partial charge in [-0.3, -0.25) is 9.59 Å². The SMILES string of the molecule is O=CC#Cc1c[nH]c(=O)c(C(F)(F)F)c1. The molecule has 1 heterocycles. The summed E-state index contributed by atoms with van der Waals surface area (Å²) < 4.78 is 36.6. The Bertz CT molecular complexity index is 491. The van der Waals surface area contributed by atoms with Crippen LogP contribution in [0.15, 0.2) is 17.1 Å². The molecular weight excluding hydrogens is 211 g/mol. The molecule has 0 radical (unpaired) electrons. The first-order valence-corrected chi connectivity index (χ1v) is 3.70. The molecule has 1 rings (SSSR count). The predicted molar refractivity (Wildman–Crippen MR) is 45.0 cm³/mol. The highest BCUT2D eigenvalue weighted by Gasteiger charge is 2.33. The molecule has 0 fully saturated rings. The molecule has 0 aliphatic heterocycles. The number of halogens is 3. The lowest BCUT2D eigenvalue weighted by Crippen LogP contribution is -2.21. The van der Waals surface area contributed by atoms with Gasteiger partial charge in [0.25, 0.3) is 5.56 Å². The normalized spacial score (nSPS) is 10.3. The van der Waals surface area contributed by atoms with Crippen LogP contribution in [-0.4, -0.2) is 11.3 Å². The fraction of sp³-hybridized carbons (Fsp3) is 0.111. The number of hydrogen-bond acceptors (Lipinski definition) is 2. The van der Waals surface area contributed by atoms with Crippen LogP contribution >= 0.6 is 0 Å². The van der Waals surface area contributed by atoms with E-state index >= 15 is 0 Å². The minimum atomic E-state index is -4.73. The van der Waals surface area contributed by atoms with Crippen molar-refractivity contribution in [3.8, 4) is 11.8 Å². The molecule has 1 N–H and O–H groups in total. The van der Waals surface area contributed by atoms with Gasteiger partial charge in [0.05, 0.1) is 0 Å². The Balaban J connectivity index is 3.29. The highest BCUT2D eigenvalue weighted by atomic mass is 19.4. The van der Waals surface area contributed by atoms with Crippen LogP contribution in [0.5, 0.6) is 0 Å². The Morgan fingerprint density at radius 3 is 2.60 bits per heavy atom. The van der Waals surface area contributed by atoms with Gasteiger partial charge in [0.2, 0.25) is 0 Å². The van der Waals surface area contributed by atoms with Crippen molar-refractivity contribution < 1.29 is 18.0 Å². The number of alkyl halides is 3. The lowest BCUT2D eigenvalue weighted by molar-refractivity contribution is -0.138. The van der Waals surface area contributed by atoms with Crippen LogP contribution in [0.4, 0.5) is 13.2 Å². The van der Waals surface area contributed by atoms with E-state index in [-0.39, 0.29) is 11.8 Å². The Labute approximate surface area is 81.9 Å². The molecule has 6 heteroatoms. The van der Waals surface area contributed by atoms with Crippen molar-refractivity contribution in [2.45, 2.75) is 6.18 Å². The quantitative estimate of drug-likeness (QED) is 0.517. The van der Waals surface area contributed by atoms with E-state index < -0.39 is 17.3 Å². The average molecular weight is 215 g/mol. The van der Waals surface area contributed by atoms with Crippen molar-refractivity contribution in [3.05, 3.63) is 33.7 Å². The van der Waals surface area contributed by atoms with Gasteiger partial charge < -0.3 is 4.98 Å². The first kappa shape index (κ1) is 11.0. The fourth-order valence-electron chi connectivity index (χ4n) is 0.879. The number of carbonyl (C=O) groups is 1. The third-order valence-electron chi connectivity index (χ3n) is 1.48.